The van der Waals surface area contributed by atoms with Gasteiger partial charge >= 0.3 is 0 Å². The van der Waals surface area contributed by atoms with E-state index >= 15 is 0 Å². The lowest BCUT2D eigenvalue weighted by molar-refractivity contribution is 0.0220. The van der Waals surface area contributed by atoms with Gasteiger partial charge in [-0.15, -0.1) is 0 Å². The van der Waals surface area contributed by atoms with Crippen molar-refractivity contribution in [3.63, 3.8) is 0 Å². The van der Waals surface area contributed by atoms with Crippen molar-refractivity contribution in [2.45, 2.75) is 38.0 Å². The first-order valence-electron chi connectivity index (χ1n) is 8.79. The lowest BCUT2D eigenvalue weighted by Crippen LogP contribution is -2.44. The molecule has 0 spiro atoms. The average molecular weight is 293 g/mol. The molecule has 3 fully saturated rings. The fraction of sp³-hybridized carbons (Fsp3) is 0.524. The smallest absolute Gasteiger partial charge is 0.00321 e. The van der Waals surface area contributed by atoms with Crippen LogP contribution in [-0.2, 0) is 0 Å². The Morgan fingerprint density at radius 2 is 1.73 bits per heavy atom. The van der Waals surface area contributed by atoms with Crippen molar-refractivity contribution in [2.24, 2.45) is 11.3 Å². The van der Waals surface area contributed by atoms with Crippen LogP contribution >= 0.6 is 0 Å². The molecule has 2 bridgehead atoms. The maximum Gasteiger partial charge on any atom is 0.00321 e. The molecule has 1 atom stereocenters. The summed E-state index contributed by atoms with van der Waals surface area (Å²) in [5.41, 5.74) is 2.17. The first kappa shape index (κ1) is 14.3. The van der Waals surface area contributed by atoms with Crippen LogP contribution in [0.5, 0.6) is 0 Å². The largest absolute Gasteiger partial charge is 0.309 e. The van der Waals surface area contributed by atoms with Gasteiger partial charge in [0.25, 0.3) is 0 Å². The van der Waals surface area contributed by atoms with Crippen LogP contribution in [0.3, 0.4) is 0 Å². The molecule has 0 amide bonds. The molecular weight excluding hydrogens is 266 g/mol. The standard InChI is InChI=1S/C21H27N/c1-22(2)15-21-11-9-17(10-12-21)20(14-21)19-8-7-16-5-3-4-6-18(16)13-19/h3-8,13,17,20H,9-12,14-15H2,1-2H3/t17?,20-,21?/m1/s1. The second kappa shape index (κ2) is 5.38. The zero-order chi connectivity index (χ0) is 15.2. The van der Waals surface area contributed by atoms with Gasteiger partial charge in [0.1, 0.15) is 0 Å². The molecule has 0 saturated heterocycles. The van der Waals surface area contributed by atoms with E-state index in [4.69, 9.17) is 0 Å². The summed E-state index contributed by atoms with van der Waals surface area (Å²) < 4.78 is 0. The van der Waals surface area contributed by atoms with Crippen LogP contribution < -0.4 is 0 Å². The Kier molecular flexibility index (Phi) is 3.49. The highest BCUT2D eigenvalue weighted by Gasteiger charge is 2.46. The van der Waals surface area contributed by atoms with Crippen molar-refractivity contribution < 1.29 is 0 Å². The summed E-state index contributed by atoms with van der Waals surface area (Å²) in [6.45, 7) is 1.27. The first-order chi connectivity index (χ1) is 10.7. The first-order valence-corrected chi connectivity index (χ1v) is 8.79. The van der Waals surface area contributed by atoms with Gasteiger partial charge in [-0.05, 0) is 79.8 Å². The number of hydrogen-bond acceptors (Lipinski definition) is 1. The summed E-state index contributed by atoms with van der Waals surface area (Å²) >= 11 is 0. The molecule has 1 nitrogen and oxygen atoms in total. The SMILES string of the molecule is CN(C)CC12CCC(CC1)[C@H](c1ccc3ccccc3c1)C2. The molecule has 3 aliphatic rings. The highest BCUT2D eigenvalue weighted by atomic mass is 15.1. The van der Waals surface area contributed by atoms with Crippen molar-refractivity contribution in [3.8, 4) is 0 Å². The van der Waals surface area contributed by atoms with Gasteiger partial charge in [-0.2, -0.15) is 0 Å². The Labute approximate surface area is 134 Å². The fourth-order valence-corrected chi connectivity index (χ4v) is 5.21. The van der Waals surface area contributed by atoms with E-state index in [-0.39, 0.29) is 0 Å². The molecule has 0 aromatic heterocycles. The maximum atomic E-state index is 2.46. The Morgan fingerprint density at radius 3 is 2.45 bits per heavy atom. The van der Waals surface area contributed by atoms with Crippen LogP contribution in [0.1, 0.15) is 43.6 Å². The van der Waals surface area contributed by atoms with E-state index in [0.717, 1.165) is 11.8 Å². The molecule has 0 aliphatic heterocycles. The molecule has 0 radical (unpaired) electrons. The Balaban J connectivity index is 1.66. The van der Waals surface area contributed by atoms with Crippen LogP contribution in [0.4, 0.5) is 0 Å². The van der Waals surface area contributed by atoms with E-state index in [1.165, 1.54) is 49.4 Å². The van der Waals surface area contributed by atoms with Crippen molar-refractivity contribution in [1.29, 1.82) is 0 Å². The zero-order valence-electron chi connectivity index (χ0n) is 13.9. The van der Waals surface area contributed by atoms with E-state index in [9.17, 15) is 0 Å². The third-order valence-corrected chi connectivity index (χ3v) is 6.17. The number of fused-ring (bicyclic) bond motifs is 4. The van der Waals surface area contributed by atoms with Gasteiger partial charge in [0, 0.05) is 6.54 Å². The number of nitrogens with zero attached hydrogens (tertiary/aromatic N) is 1. The number of rotatable bonds is 3. The van der Waals surface area contributed by atoms with Gasteiger partial charge in [-0.25, -0.2) is 0 Å². The van der Waals surface area contributed by atoms with E-state index in [1.807, 2.05) is 0 Å². The minimum atomic E-state index is 0.578. The minimum Gasteiger partial charge on any atom is -0.309 e. The van der Waals surface area contributed by atoms with Crippen molar-refractivity contribution in [3.05, 3.63) is 48.0 Å². The van der Waals surface area contributed by atoms with Crippen LogP contribution in [0, 0.1) is 11.3 Å². The Bertz CT molecular complexity index is 664. The predicted octanol–water partition coefficient (Wildman–Crippen LogP) is 5.07. The minimum absolute atomic E-state index is 0.578. The summed E-state index contributed by atoms with van der Waals surface area (Å²) in [4.78, 5) is 2.41. The Morgan fingerprint density at radius 1 is 1.00 bits per heavy atom. The van der Waals surface area contributed by atoms with Crippen molar-refractivity contribution >= 4 is 10.8 Å². The molecule has 2 aromatic carbocycles. The molecular formula is C21H27N. The van der Waals surface area contributed by atoms with E-state index in [1.54, 1.807) is 5.56 Å². The van der Waals surface area contributed by atoms with Crippen molar-refractivity contribution in [1.82, 2.24) is 4.90 Å². The van der Waals surface area contributed by atoms with Crippen molar-refractivity contribution in [2.75, 3.05) is 20.6 Å². The lowest BCUT2D eigenvalue weighted by Gasteiger charge is -2.52. The summed E-state index contributed by atoms with van der Waals surface area (Å²) in [6, 6.07) is 16.0. The molecule has 3 saturated carbocycles. The lowest BCUT2D eigenvalue weighted by atomic mass is 9.55. The van der Waals surface area contributed by atoms with Gasteiger partial charge in [0.2, 0.25) is 0 Å². The predicted molar refractivity (Wildman–Crippen MR) is 94.3 cm³/mol. The summed E-state index contributed by atoms with van der Waals surface area (Å²) in [7, 11) is 4.47. The van der Waals surface area contributed by atoms with Gasteiger partial charge in [-0.3, -0.25) is 0 Å². The van der Waals surface area contributed by atoms with Crippen LogP contribution in [0.2, 0.25) is 0 Å². The fourth-order valence-electron chi connectivity index (χ4n) is 5.21. The monoisotopic (exact) mass is 293 g/mol. The highest BCUT2D eigenvalue weighted by Crippen LogP contribution is 2.56. The molecule has 3 aliphatic carbocycles. The second-order valence-electron chi connectivity index (χ2n) is 7.99. The highest BCUT2D eigenvalue weighted by molar-refractivity contribution is 5.83. The van der Waals surface area contributed by atoms with Crippen LogP contribution in [0.15, 0.2) is 42.5 Å². The summed E-state index contributed by atoms with van der Waals surface area (Å²) in [5, 5.41) is 2.78. The normalized spacial score (nSPS) is 31.0. The zero-order valence-corrected chi connectivity index (χ0v) is 13.9. The third kappa shape index (κ3) is 2.46. The third-order valence-electron chi connectivity index (χ3n) is 6.17. The molecule has 0 unspecified atom stereocenters. The Hall–Kier alpha value is -1.34. The number of benzene rings is 2. The van der Waals surface area contributed by atoms with E-state index in [2.05, 4.69) is 61.5 Å². The molecule has 1 heteroatoms. The van der Waals surface area contributed by atoms with Crippen LogP contribution in [-0.4, -0.2) is 25.5 Å². The molecule has 116 valence electrons. The van der Waals surface area contributed by atoms with Gasteiger partial charge < -0.3 is 4.90 Å². The topological polar surface area (TPSA) is 3.24 Å². The number of hydrogen-bond donors (Lipinski definition) is 0. The van der Waals surface area contributed by atoms with Gasteiger partial charge in [-0.1, -0.05) is 42.5 Å². The molecule has 0 N–H and O–H groups in total. The average Bonchev–Trinajstić information content (AvgIpc) is 2.54. The molecule has 22 heavy (non-hydrogen) atoms. The summed E-state index contributed by atoms with van der Waals surface area (Å²) in [6.07, 6.45) is 7.16. The quantitative estimate of drug-likeness (QED) is 0.764. The van der Waals surface area contributed by atoms with Gasteiger partial charge in [0.05, 0.1) is 0 Å². The second-order valence-corrected chi connectivity index (χ2v) is 7.99. The van der Waals surface area contributed by atoms with Gasteiger partial charge in [0.15, 0.2) is 0 Å². The van der Waals surface area contributed by atoms with E-state index in [0.29, 0.717) is 5.41 Å². The van der Waals surface area contributed by atoms with E-state index < -0.39 is 0 Å². The summed E-state index contributed by atoms with van der Waals surface area (Å²) in [5.74, 6) is 1.71. The van der Waals surface area contributed by atoms with Crippen LogP contribution in [0.25, 0.3) is 10.8 Å². The molecule has 0 heterocycles. The molecule has 5 rings (SSSR count). The maximum absolute atomic E-state index is 2.46. The molecule has 2 aromatic rings.